The third-order valence-corrected chi connectivity index (χ3v) is 2.91. The largest absolute Gasteiger partial charge is 0.383 e. The fourth-order valence-electron chi connectivity index (χ4n) is 2.16. The van der Waals surface area contributed by atoms with Crippen LogP contribution in [0.1, 0.15) is 28.4 Å². The van der Waals surface area contributed by atoms with E-state index in [1.165, 1.54) is 16.7 Å². The maximum atomic E-state index is 5.21. The third kappa shape index (κ3) is 4.43. The van der Waals surface area contributed by atoms with E-state index in [9.17, 15) is 0 Å². The zero-order valence-electron chi connectivity index (χ0n) is 12.3. The Hall–Kier alpha value is -1.72. The van der Waals surface area contributed by atoms with Crippen LogP contribution in [0.25, 0.3) is 0 Å². The van der Waals surface area contributed by atoms with Gasteiger partial charge in [-0.2, -0.15) is 4.98 Å². The Morgan fingerprint density at radius 1 is 1.20 bits per heavy atom. The summed E-state index contributed by atoms with van der Waals surface area (Å²) in [5.74, 6) is 1.33. The first kappa shape index (κ1) is 14.7. The second-order valence-electron chi connectivity index (χ2n) is 4.95. The second kappa shape index (κ2) is 7.17. The molecule has 1 aromatic carbocycles. The molecule has 0 amide bonds. The van der Waals surface area contributed by atoms with E-state index in [1.54, 1.807) is 7.11 Å². The normalized spacial score (nSPS) is 10.9. The summed E-state index contributed by atoms with van der Waals surface area (Å²) in [5, 5.41) is 7.19. The number of nitrogens with zero attached hydrogens (tertiary/aromatic N) is 2. The van der Waals surface area contributed by atoms with Gasteiger partial charge in [0.25, 0.3) is 0 Å². The van der Waals surface area contributed by atoms with Crippen molar-refractivity contribution in [1.82, 2.24) is 15.5 Å². The lowest BCUT2D eigenvalue weighted by atomic mass is 10.1. The number of nitrogens with one attached hydrogen (secondary N) is 1. The maximum Gasteiger partial charge on any atom is 0.240 e. The fourth-order valence-corrected chi connectivity index (χ4v) is 2.16. The predicted molar refractivity (Wildman–Crippen MR) is 76.6 cm³/mol. The minimum absolute atomic E-state index is 0.573. The molecular weight excluding hydrogens is 254 g/mol. The highest BCUT2D eigenvalue weighted by atomic mass is 16.5. The number of benzene rings is 1. The van der Waals surface area contributed by atoms with Crippen molar-refractivity contribution in [2.24, 2.45) is 0 Å². The summed E-state index contributed by atoms with van der Waals surface area (Å²) in [6.07, 6.45) is 0.699. The van der Waals surface area contributed by atoms with Gasteiger partial charge in [0, 0.05) is 20.1 Å². The summed E-state index contributed by atoms with van der Waals surface area (Å²) in [6.45, 7) is 6.20. The number of hydrogen-bond acceptors (Lipinski definition) is 5. The molecule has 0 fully saturated rings. The van der Waals surface area contributed by atoms with E-state index in [4.69, 9.17) is 9.26 Å². The number of aryl methyl sites for hydroxylation is 2. The highest BCUT2D eigenvalue weighted by Gasteiger charge is 2.07. The minimum atomic E-state index is 0.573. The van der Waals surface area contributed by atoms with Gasteiger partial charge in [-0.3, -0.25) is 0 Å². The molecule has 1 heterocycles. The predicted octanol–water partition coefficient (Wildman–Crippen LogP) is 2.01. The highest BCUT2D eigenvalue weighted by molar-refractivity contribution is 5.30. The van der Waals surface area contributed by atoms with Crippen molar-refractivity contribution >= 4 is 0 Å². The van der Waals surface area contributed by atoms with Gasteiger partial charge in [-0.05, 0) is 19.4 Å². The third-order valence-electron chi connectivity index (χ3n) is 2.91. The van der Waals surface area contributed by atoms with E-state index in [1.807, 2.05) is 0 Å². The van der Waals surface area contributed by atoms with Crippen LogP contribution in [0, 0.1) is 13.8 Å². The molecule has 0 atom stereocenters. The number of methoxy groups -OCH3 is 1. The van der Waals surface area contributed by atoms with Crippen LogP contribution in [-0.2, 0) is 17.7 Å². The summed E-state index contributed by atoms with van der Waals surface area (Å²) < 4.78 is 10.2. The van der Waals surface area contributed by atoms with Crippen molar-refractivity contribution in [3.63, 3.8) is 0 Å². The van der Waals surface area contributed by atoms with Crippen LogP contribution in [0.4, 0.5) is 0 Å². The molecule has 0 spiro atoms. The molecule has 5 nitrogen and oxygen atoms in total. The van der Waals surface area contributed by atoms with Crippen LogP contribution >= 0.6 is 0 Å². The molecule has 1 N–H and O–H groups in total. The number of ether oxygens (including phenoxy) is 1. The summed E-state index contributed by atoms with van der Waals surface area (Å²) in [5.41, 5.74) is 3.72. The molecule has 2 rings (SSSR count). The molecular formula is C15H21N3O2. The van der Waals surface area contributed by atoms with Crippen molar-refractivity contribution < 1.29 is 9.26 Å². The number of aromatic nitrogens is 2. The Bertz CT molecular complexity index is 532. The molecule has 0 saturated heterocycles. The maximum absolute atomic E-state index is 5.21. The molecule has 0 aliphatic rings. The standard InChI is InChI=1S/C15H21N3O2/c1-11-6-12(2)8-13(7-11)9-14-17-15(20-18-14)10-16-4-5-19-3/h6-8,16H,4-5,9-10H2,1-3H3. The van der Waals surface area contributed by atoms with Crippen molar-refractivity contribution in [2.45, 2.75) is 26.8 Å². The molecule has 5 heteroatoms. The lowest BCUT2D eigenvalue weighted by Crippen LogP contribution is -2.18. The Labute approximate surface area is 119 Å². The summed E-state index contributed by atoms with van der Waals surface area (Å²) in [6, 6.07) is 6.46. The van der Waals surface area contributed by atoms with Crippen LogP contribution < -0.4 is 5.32 Å². The van der Waals surface area contributed by atoms with Gasteiger partial charge in [-0.15, -0.1) is 0 Å². The molecule has 1 aromatic heterocycles. The number of hydrogen-bond donors (Lipinski definition) is 1. The summed E-state index contributed by atoms with van der Waals surface area (Å²) in [7, 11) is 1.68. The zero-order valence-corrected chi connectivity index (χ0v) is 12.3. The van der Waals surface area contributed by atoms with Crippen LogP contribution in [0.5, 0.6) is 0 Å². The van der Waals surface area contributed by atoms with Gasteiger partial charge in [0.2, 0.25) is 5.89 Å². The monoisotopic (exact) mass is 275 g/mol. The first-order valence-electron chi connectivity index (χ1n) is 6.75. The second-order valence-corrected chi connectivity index (χ2v) is 4.95. The van der Waals surface area contributed by atoms with E-state index in [0.29, 0.717) is 25.5 Å². The van der Waals surface area contributed by atoms with E-state index in [-0.39, 0.29) is 0 Å². The first-order chi connectivity index (χ1) is 9.67. The van der Waals surface area contributed by atoms with Gasteiger partial charge in [0.1, 0.15) is 0 Å². The molecule has 0 aliphatic heterocycles. The number of rotatable bonds is 7. The fraction of sp³-hybridized carbons (Fsp3) is 0.467. The van der Waals surface area contributed by atoms with Gasteiger partial charge in [0.05, 0.1) is 13.2 Å². The molecule has 0 unspecified atom stereocenters. The molecule has 20 heavy (non-hydrogen) atoms. The highest BCUT2D eigenvalue weighted by Crippen LogP contribution is 2.12. The van der Waals surface area contributed by atoms with E-state index >= 15 is 0 Å². The first-order valence-corrected chi connectivity index (χ1v) is 6.75. The lowest BCUT2D eigenvalue weighted by Gasteiger charge is -2.01. The van der Waals surface area contributed by atoms with Crippen molar-refractivity contribution in [3.05, 3.63) is 46.6 Å². The smallest absolute Gasteiger partial charge is 0.240 e. The van der Waals surface area contributed by atoms with Crippen LogP contribution in [0.3, 0.4) is 0 Å². The Kier molecular flexibility index (Phi) is 5.26. The van der Waals surface area contributed by atoms with Crippen LogP contribution in [-0.4, -0.2) is 30.4 Å². The van der Waals surface area contributed by atoms with E-state index in [2.05, 4.69) is 47.5 Å². The van der Waals surface area contributed by atoms with Gasteiger partial charge in [-0.1, -0.05) is 34.5 Å². The van der Waals surface area contributed by atoms with Gasteiger partial charge in [-0.25, -0.2) is 0 Å². The summed E-state index contributed by atoms with van der Waals surface area (Å²) in [4.78, 5) is 4.38. The molecule has 0 aliphatic carbocycles. The molecule has 108 valence electrons. The van der Waals surface area contributed by atoms with Gasteiger partial charge >= 0.3 is 0 Å². The minimum Gasteiger partial charge on any atom is -0.383 e. The average Bonchev–Trinajstić information content (AvgIpc) is 2.81. The molecule has 0 bridgehead atoms. The summed E-state index contributed by atoms with van der Waals surface area (Å²) >= 11 is 0. The Balaban J connectivity index is 1.92. The Morgan fingerprint density at radius 2 is 1.95 bits per heavy atom. The van der Waals surface area contributed by atoms with Crippen LogP contribution in [0.2, 0.25) is 0 Å². The van der Waals surface area contributed by atoms with Crippen molar-refractivity contribution in [1.29, 1.82) is 0 Å². The van der Waals surface area contributed by atoms with Crippen LogP contribution in [0.15, 0.2) is 22.7 Å². The quantitative estimate of drug-likeness (QED) is 0.783. The van der Waals surface area contributed by atoms with Crippen molar-refractivity contribution in [2.75, 3.05) is 20.3 Å². The van der Waals surface area contributed by atoms with Crippen molar-refractivity contribution in [3.8, 4) is 0 Å². The van der Waals surface area contributed by atoms with Gasteiger partial charge < -0.3 is 14.6 Å². The Morgan fingerprint density at radius 3 is 2.65 bits per heavy atom. The lowest BCUT2D eigenvalue weighted by molar-refractivity contribution is 0.197. The molecule has 0 radical (unpaired) electrons. The van der Waals surface area contributed by atoms with Gasteiger partial charge in [0.15, 0.2) is 5.82 Å². The zero-order chi connectivity index (χ0) is 14.4. The SMILES string of the molecule is COCCNCc1nc(Cc2cc(C)cc(C)c2)no1. The average molecular weight is 275 g/mol. The molecule has 2 aromatic rings. The topological polar surface area (TPSA) is 60.2 Å². The van der Waals surface area contributed by atoms with E-state index < -0.39 is 0 Å². The molecule has 0 saturated carbocycles. The van der Waals surface area contributed by atoms with E-state index in [0.717, 1.165) is 12.4 Å².